The highest BCUT2D eigenvalue weighted by Gasteiger charge is 2.59. The van der Waals surface area contributed by atoms with Gasteiger partial charge in [0.2, 0.25) is 14.9 Å². The average Bonchev–Trinajstić information content (AvgIpc) is 2.54. The number of hydrogen-bond acceptors (Lipinski definition) is 4. The van der Waals surface area contributed by atoms with Crippen molar-refractivity contribution >= 4 is 55.7 Å². The molecule has 161 valence electrons. The first-order valence-corrected chi connectivity index (χ1v) is 12.9. The van der Waals surface area contributed by atoms with E-state index in [0.717, 1.165) is 0 Å². The number of ether oxygens (including phenoxy) is 1. The Morgan fingerprint density at radius 1 is 1.10 bits per heavy atom. The van der Waals surface area contributed by atoms with Crippen LogP contribution in [-0.2, 0) is 14.0 Å². The predicted molar refractivity (Wildman–Crippen MR) is 118 cm³/mol. The Morgan fingerprint density at radius 3 is 2.14 bits per heavy atom. The SMILES string of the molecule is C[C@@H](C(=O)Oc1cc(Cl)c(Cl)cc1Cl)[C@H]1NC(=O)[C@@H]1[C@@](C)(O[Si](C)C)C(C)(C)C. The second kappa shape index (κ2) is 8.75. The first-order valence-electron chi connectivity index (χ1n) is 9.35. The normalized spacial score (nSPS) is 22.5. The Morgan fingerprint density at radius 2 is 1.66 bits per heavy atom. The minimum absolute atomic E-state index is 0.122. The van der Waals surface area contributed by atoms with Crippen LogP contribution in [-0.4, -0.2) is 32.6 Å². The fourth-order valence-corrected chi connectivity index (χ4v) is 5.30. The number of β-lactam (4-membered cyclic amide) rings is 1. The molecule has 5 nitrogen and oxygen atoms in total. The quantitative estimate of drug-likeness (QED) is 0.196. The molecule has 1 aliphatic heterocycles. The second-order valence-electron chi connectivity index (χ2n) is 8.79. The molecule has 0 unspecified atom stereocenters. The van der Waals surface area contributed by atoms with Crippen LogP contribution in [0.3, 0.4) is 0 Å². The van der Waals surface area contributed by atoms with E-state index >= 15 is 0 Å². The number of rotatable bonds is 6. The smallest absolute Gasteiger partial charge is 0.316 e. The molecule has 29 heavy (non-hydrogen) atoms. The van der Waals surface area contributed by atoms with Gasteiger partial charge in [0, 0.05) is 6.07 Å². The molecule has 1 aliphatic rings. The van der Waals surface area contributed by atoms with Gasteiger partial charge in [-0.25, -0.2) is 0 Å². The van der Waals surface area contributed by atoms with Crippen LogP contribution in [0.2, 0.25) is 28.2 Å². The first-order chi connectivity index (χ1) is 13.2. The molecule has 0 spiro atoms. The van der Waals surface area contributed by atoms with E-state index in [4.69, 9.17) is 44.0 Å². The lowest BCUT2D eigenvalue weighted by Gasteiger charge is -2.55. The Balaban J connectivity index is 2.26. The fraction of sp³-hybridized carbons (Fsp3) is 0.600. The maximum atomic E-state index is 12.8. The van der Waals surface area contributed by atoms with Crippen molar-refractivity contribution in [3.63, 3.8) is 0 Å². The van der Waals surface area contributed by atoms with Gasteiger partial charge in [-0.2, -0.15) is 0 Å². The zero-order valence-electron chi connectivity index (χ0n) is 17.7. The van der Waals surface area contributed by atoms with Crippen LogP contribution in [0.1, 0.15) is 34.6 Å². The molecule has 0 saturated carbocycles. The van der Waals surface area contributed by atoms with E-state index in [-0.39, 0.29) is 32.1 Å². The van der Waals surface area contributed by atoms with Gasteiger partial charge in [-0.05, 0) is 38.4 Å². The second-order valence-corrected chi connectivity index (χ2v) is 12.0. The van der Waals surface area contributed by atoms with E-state index in [2.05, 4.69) is 5.32 Å². The van der Waals surface area contributed by atoms with Crippen molar-refractivity contribution in [3.8, 4) is 5.75 Å². The van der Waals surface area contributed by atoms with Gasteiger partial charge >= 0.3 is 5.97 Å². The van der Waals surface area contributed by atoms with Crippen molar-refractivity contribution in [2.24, 2.45) is 17.3 Å². The molecule has 1 radical (unpaired) electrons. The zero-order valence-corrected chi connectivity index (χ0v) is 20.9. The van der Waals surface area contributed by atoms with Gasteiger partial charge in [0.05, 0.1) is 38.5 Å². The number of amides is 1. The summed E-state index contributed by atoms with van der Waals surface area (Å²) in [6, 6.07) is 2.41. The summed E-state index contributed by atoms with van der Waals surface area (Å²) in [7, 11) is -1.09. The number of halogens is 3. The molecule has 2 rings (SSSR count). The van der Waals surface area contributed by atoms with Gasteiger partial charge in [-0.1, -0.05) is 55.6 Å². The highest BCUT2D eigenvalue weighted by molar-refractivity contribution is 6.48. The minimum Gasteiger partial charge on any atom is -0.425 e. The molecule has 1 aromatic carbocycles. The number of benzene rings is 1. The summed E-state index contributed by atoms with van der Waals surface area (Å²) >= 11 is 18.0. The van der Waals surface area contributed by atoms with E-state index in [1.54, 1.807) is 6.92 Å². The molecule has 1 N–H and O–H groups in total. The Hall–Kier alpha value is -0.793. The number of esters is 1. The minimum atomic E-state index is -1.09. The van der Waals surface area contributed by atoms with E-state index in [0.29, 0.717) is 0 Å². The third-order valence-corrected chi connectivity index (χ3v) is 7.39. The number of carbonyl (C=O) groups is 2. The van der Waals surface area contributed by atoms with Crippen molar-refractivity contribution in [3.05, 3.63) is 27.2 Å². The van der Waals surface area contributed by atoms with Gasteiger partial charge < -0.3 is 14.5 Å². The van der Waals surface area contributed by atoms with E-state index in [1.165, 1.54) is 12.1 Å². The molecule has 4 atom stereocenters. The average molecular weight is 480 g/mol. The fourth-order valence-electron chi connectivity index (χ4n) is 3.45. The van der Waals surface area contributed by atoms with Crippen LogP contribution in [0.5, 0.6) is 5.75 Å². The molecule has 1 saturated heterocycles. The van der Waals surface area contributed by atoms with E-state index < -0.39 is 38.5 Å². The lowest BCUT2D eigenvalue weighted by atomic mass is 9.62. The Bertz CT molecular complexity index is 812. The monoisotopic (exact) mass is 478 g/mol. The lowest BCUT2D eigenvalue weighted by molar-refractivity contribution is -0.166. The zero-order chi connectivity index (χ0) is 22.3. The van der Waals surface area contributed by atoms with Gasteiger partial charge in [0.25, 0.3) is 0 Å². The highest BCUT2D eigenvalue weighted by atomic mass is 35.5. The van der Waals surface area contributed by atoms with Gasteiger partial charge in [-0.3, -0.25) is 9.59 Å². The van der Waals surface area contributed by atoms with Crippen molar-refractivity contribution in [1.29, 1.82) is 0 Å². The summed E-state index contributed by atoms with van der Waals surface area (Å²) in [5.41, 5.74) is -1.04. The van der Waals surface area contributed by atoms with E-state index in [1.807, 2.05) is 40.8 Å². The summed E-state index contributed by atoms with van der Waals surface area (Å²) in [5, 5.41) is 3.54. The molecule has 0 aromatic heterocycles. The van der Waals surface area contributed by atoms with Crippen LogP contribution in [0, 0.1) is 17.3 Å². The van der Waals surface area contributed by atoms with Crippen LogP contribution >= 0.6 is 34.8 Å². The van der Waals surface area contributed by atoms with Crippen molar-refractivity contribution in [1.82, 2.24) is 5.32 Å². The predicted octanol–water partition coefficient (Wildman–Crippen LogP) is 5.38. The standard InChI is InChI=1S/C20H27Cl3NO4Si/c1-10(18(26)27-14-9-12(22)11(21)8-13(14)23)16-15(17(25)24-16)20(5,19(2,3)4)28-29(6)7/h8-10,15-16H,1-7H3,(H,24,25)/t10-,15-,16-,20-/m1/s1. The van der Waals surface area contributed by atoms with Crippen LogP contribution < -0.4 is 10.1 Å². The van der Waals surface area contributed by atoms with Gasteiger partial charge in [-0.15, -0.1) is 0 Å². The van der Waals surface area contributed by atoms with Crippen molar-refractivity contribution < 1.29 is 18.8 Å². The highest BCUT2D eigenvalue weighted by Crippen LogP contribution is 2.46. The lowest BCUT2D eigenvalue weighted by Crippen LogP contribution is -2.72. The largest absolute Gasteiger partial charge is 0.425 e. The maximum Gasteiger partial charge on any atom is 0.316 e. The Kier molecular flexibility index (Phi) is 7.39. The maximum absolute atomic E-state index is 12.8. The van der Waals surface area contributed by atoms with Crippen LogP contribution in [0.15, 0.2) is 12.1 Å². The van der Waals surface area contributed by atoms with Crippen LogP contribution in [0.25, 0.3) is 0 Å². The van der Waals surface area contributed by atoms with Gasteiger partial charge in [0.15, 0.2) is 5.75 Å². The third-order valence-electron chi connectivity index (χ3n) is 5.55. The topological polar surface area (TPSA) is 64.6 Å². The number of carbonyl (C=O) groups excluding carboxylic acids is 2. The molecule has 0 aliphatic carbocycles. The number of hydrogen-bond donors (Lipinski definition) is 1. The summed E-state index contributed by atoms with van der Waals surface area (Å²) < 4.78 is 11.8. The molecular formula is C20H27Cl3NO4Si. The molecule has 0 bridgehead atoms. The molecular weight excluding hydrogens is 453 g/mol. The molecule has 1 heterocycles. The number of nitrogens with one attached hydrogen (secondary N) is 1. The summed E-state index contributed by atoms with van der Waals surface area (Å²) in [6.07, 6.45) is 0. The molecule has 1 fully saturated rings. The first kappa shape index (κ1) is 24.5. The molecule has 9 heteroatoms. The summed E-state index contributed by atoms with van der Waals surface area (Å²) in [5.74, 6) is -1.60. The summed E-state index contributed by atoms with van der Waals surface area (Å²) in [6.45, 7) is 13.9. The molecule has 1 amide bonds. The van der Waals surface area contributed by atoms with Gasteiger partial charge in [0.1, 0.15) is 0 Å². The summed E-state index contributed by atoms with van der Waals surface area (Å²) in [4.78, 5) is 25.4. The third kappa shape index (κ3) is 4.93. The van der Waals surface area contributed by atoms with Crippen molar-refractivity contribution in [2.45, 2.75) is 59.4 Å². The van der Waals surface area contributed by atoms with Crippen LogP contribution in [0.4, 0.5) is 0 Å². The van der Waals surface area contributed by atoms with E-state index in [9.17, 15) is 9.59 Å². The van der Waals surface area contributed by atoms with Crippen molar-refractivity contribution in [2.75, 3.05) is 0 Å². The Labute approximate surface area is 189 Å². The molecule has 1 aromatic rings.